The maximum atomic E-state index is 14.1. The van der Waals surface area contributed by atoms with E-state index < -0.39 is 23.3 Å². The Kier molecular flexibility index (Phi) is 6.47. The molecule has 1 aliphatic rings. The Labute approximate surface area is 212 Å². The van der Waals surface area contributed by atoms with Crippen LogP contribution in [0.15, 0.2) is 48.4 Å². The van der Waals surface area contributed by atoms with Gasteiger partial charge in [0.05, 0.1) is 29.2 Å². The maximum absolute atomic E-state index is 14.1. The molecule has 3 aromatic heterocycles. The third kappa shape index (κ3) is 5.21. The lowest BCUT2D eigenvalue weighted by Gasteiger charge is -2.31. The van der Waals surface area contributed by atoms with Gasteiger partial charge in [-0.15, -0.1) is 0 Å². The lowest BCUT2D eigenvalue weighted by molar-refractivity contribution is -0.0516. The molecule has 1 atom stereocenters. The van der Waals surface area contributed by atoms with Crippen LogP contribution in [0.3, 0.4) is 0 Å². The van der Waals surface area contributed by atoms with Gasteiger partial charge in [-0.25, -0.2) is 18.7 Å². The summed E-state index contributed by atoms with van der Waals surface area (Å²) < 4.78 is 29.1. The third-order valence-corrected chi connectivity index (χ3v) is 6.51. The number of aromatic nitrogens is 5. The number of anilines is 1. The van der Waals surface area contributed by atoms with Crippen LogP contribution in [-0.4, -0.2) is 53.6 Å². The maximum Gasteiger partial charge on any atom is 0.156 e. The minimum Gasteiger partial charge on any atom is -0.387 e. The zero-order valence-electron chi connectivity index (χ0n) is 20.9. The molecule has 1 aromatic carbocycles. The SMILES string of the molecule is Cn1cc(-c2nc3cc([C@H](O)C(C)(C)O)ncc3nc2N2CCC(=Cc3ccc(F)cc3F)CC2)cn1. The van der Waals surface area contributed by atoms with Gasteiger partial charge in [-0.2, -0.15) is 5.10 Å². The average molecular weight is 507 g/mol. The number of hydrogen-bond acceptors (Lipinski definition) is 7. The highest BCUT2D eigenvalue weighted by molar-refractivity contribution is 5.83. The number of benzene rings is 1. The van der Waals surface area contributed by atoms with Crippen molar-refractivity contribution in [2.75, 3.05) is 18.0 Å². The first-order valence-corrected chi connectivity index (χ1v) is 12.0. The number of aliphatic hydroxyl groups excluding tert-OH is 1. The van der Waals surface area contributed by atoms with E-state index in [4.69, 9.17) is 9.97 Å². The molecule has 0 amide bonds. The van der Waals surface area contributed by atoms with Crippen molar-refractivity contribution in [3.63, 3.8) is 0 Å². The van der Waals surface area contributed by atoms with E-state index in [9.17, 15) is 19.0 Å². The first-order chi connectivity index (χ1) is 17.6. The average Bonchev–Trinajstić information content (AvgIpc) is 3.30. The molecule has 0 saturated carbocycles. The third-order valence-electron chi connectivity index (χ3n) is 6.51. The number of hydrogen-bond donors (Lipinski definition) is 2. The minimum absolute atomic E-state index is 0.306. The molecular formula is C27H28F2N6O2. The van der Waals surface area contributed by atoms with E-state index in [0.717, 1.165) is 17.2 Å². The Balaban J connectivity index is 1.48. The normalized spacial score (nSPS) is 15.3. The largest absolute Gasteiger partial charge is 0.387 e. The number of piperidine rings is 1. The fourth-order valence-electron chi connectivity index (χ4n) is 4.42. The zero-order chi connectivity index (χ0) is 26.3. The summed E-state index contributed by atoms with van der Waals surface area (Å²) in [6.07, 6.45) is 7.13. The van der Waals surface area contributed by atoms with Gasteiger partial charge in [0.25, 0.3) is 0 Å². The van der Waals surface area contributed by atoms with Gasteiger partial charge in [0.2, 0.25) is 0 Å². The van der Waals surface area contributed by atoms with Gasteiger partial charge in [-0.1, -0.05) is 11.6 Å². The van der Waals surface area contributed by atoms with Crippen LogP contribution in [0.5, 0.6) is 0 Å². The monoisotopic (exact) mass is 506 g/mol. The fourth-order valence-corrected chi connectivity index (χ4v) is 4.42. The summed E-state index contributed by atoms with van der Waals surface area (Å²) in [5.74, 6) is -0.482. The van der Waals surface area contributed by atoms with Gasteiger partial charge in [-0.05, 0) is 44.9 Å². The number of aliphatic hydroxyl groups is 2. The van der Waals surface area contributed by atoms with Gasteiger partial charge >= 0.3 is 0 Å². The summed E-state index contributed by atoms with van der Waals surface area (Å²) in [7, 11) is 1.83. The summed E-state index contributed by atoms with van der Waals surface area (Å²) in [6, 6.07) is 5.25. The van der Waals surface area contributed by atoms with Crippen molar-refractivity contribution < 1.29 is 19.0 Å². The van der Waals surface area contributed by atoms with Gasteiger partial charge in [0.15, 0.2) is 5.82 Å². The minimum atomic E-state index is -1.37. The quantitative estimate of drug-likeness (QED) is 0.419. The fraction of sp³-hybridized carbons (Fsp3) is 0.333. The molecule has 10 heteroatoms. The molecule has 0 radical (unpaired) electrons. The van der Waals surface area contributed by atoms with Crippen LogP contribution in [0.1, 0.15) is 44.1 Å². The van der Waals surface area contributed by atoms with Crippen molar-refractivity contribution in [1.29, 1.82) is 0 Å². The molecule has 4 aromatic rings. The molecule has 1 fully saturated rings. The Morgan fingerprint density at radius 1 is 1.05 bits per heavy atom. The second kappa shape index (κ2) is 9.60. The van der Waals surface area contributed by atoms with Gasteiger partial charge in [0, 0.05) is 43.5 Å². The summed E-state index contributed by atoms with van der Waals surface area (Å²) >= 11 is 0. The van der Waals surface area contributed by atoms with Crippen LogP contribution in [0.25, 0.3) is 28.4 Å². The van der Waals surface area contributed by atoms with E-state index in [1.54, 1.807) is 29.2 Å². The highest BCUT2D eigenvalue weighted by atomic mass is 19.1. The predicted molar refractivity (Wildman–Crippen MR) is 137 cm³/mol. The Morgan fingerprint density at radius 2 is 1.81 bits per heavy atom. The predicted octanol–water partition coefficient (Wildman–Crippen LogP) is 4.19. The Bertz CT molecular complexity index is 1480. The van der Waals surface area contributed by atoms with Crippen LogP contribution in [-0.2, 0) is 7.05 Å². The second-order valence-corrected chi connectivity index (χ2v) is 9.91. The van der Waals surface area contributed by atoms with E-state index in [2.05, 4.69) is 15.0 Å². The summed E-state index contributed by atoms with van der Waals surface area (Å²) in [5.41, 5.74) is 2.93. The highest BCUT2D eigenvalue weighted by Gasteiger charge is 2.28. The molecule has 37 heavy (non-hydrogen) atoms. The number of nitrogens with zero attached hydrogens (tertiary/aromatic N) is 6. The molecule has 5 rings (SSSR count). The first-order valence-electron chi connectivity index (χ1n) is 12.0. The lowest BCUT2D eigenvalue weighted by atomic mass is 9.98. The van der Waals surface area contributed by atoms with Crippen LogP contribution in [0.4, 0.5) is 14.6 Å². The molecule has 0 bridgehead atoms. The van der Waals surface area contributed by atoms with Gasteiger partial charge in [-0.3, -0.25) is 9.67 Å². The molecule has 192 valence electrons. The Morgan fingerprint density at radius 3 is 2.46 bits per heavy atom. The van der Waals surface area contributed by atoms with E-state index >= 15 is 0 Å². The van der Waals surface area contributed by atoms with Crippen molar-refractivity contribution in [2.24, 2.45) is 7.05 Å². The van der Waals surface area contributed by atoms with E-state index in [-0.39, 0.29) is 0 Å². The van der Waals surface area contributed by atoms with Crippen molar-refractivity contribution in [3.8, 4) is 11.3 Å². The van der Waals surface area contributed by atoms with Crippen LogP contribution in [0, 0.1) is 11.6 Å². The second-order valence-electron chi connectivity index (χ2n) is 9.91. The van der Waals surface area contributed by atoms with Crippen LogP contribution < -0.4 is 4.90 Å². The molecule has 0 aliphatic carbocycles. The number of pyridine rings is 1. The molecule has 1 aliphatic heterocycles. The molecular weight excluding hydrogens is 478 g/mol. The first kappa shape index (κ1) is 24.9. The molecule has 0 spiro atoms. The summed E-state index contributed by atoms with van der Waals surface area (Å²) in [4.78, 5) is 16.2. The zero-order valence-corrected chi connectivity index (χ0v) is 20.9. The number of rotatable bonds is 5. The molecule has 0 unspecified atom stereocenters. The van der Waals surface area contributed by atoms with Crippen molar-refractivity contribution in [1.82, 2.24) is 24.7 Å². The lowest BCUT2D eigenvalue weighted by Crippen LogP contribution is -2.32. The van der Waals surface area contributed by atoms with E-state index in [1.165, 1.54) is 26.0 Å². The molecule has 4 heterocycles. The number of halogens is 2. The summed E-state index contributed by atoms with van der Waals surface area (Å²) in [6.45, 7) is 4.32. The van der Waals surface area contributed by atoms with Crippen molar-refractivity contribution in [3.05, 3.63) is 71.3 Å². The van der Waals surface area contributed by atoms with E-state index in [1.807, 2.05) is 13.2 Å². The highest BCUT2D eigenvalue weighted by Crippen LogP contribution is 2.33. The van der Waals surface area contributed by atoms with Gasteiger partial charge in [0.1, 0.15) is 28.9 Å². The number of fused-ring (bicyclic) bond motifs is 1. The van der Waals surface area contributed by atoms with Crippen molar-refractivity contribution >= 4 is 22.9 Å². The van der Waals surface area contributed by atoms with Crippen LogP contribution in [0.2, 0.25) is 0 Å². The standard InChI is InChI=1S/C27H28F2N6O2/c1-27(2,37)25(36)22-12-21-23(14-30-22)33-26(24(32-21)18-13-31-34(3)15-18)35-8-6-16(7-9-35)10-17-4-5-19(28)11-20(17)29/h4-5,10-15,25,36-37H,6-9H2,1-3H3/t25-/m0/s1. The van der Waals surface area contributed by atoms with E-state index in [0.29, 0.717) is 59.7 Å². The Hall–Kier alpha value is -3.76. The molecule has 2 N–H and O–H groups in total. The number of aryl methyl sites for hydroxylation is 1. The topological polar surface area (TPSA) is 100 Å². The molecule has 1 saturated heterocycles. The van der Waals surface area contributed by atoms with Crippen molar-refractivity contribution in [2.45, 2.75) is 38.4 Å². The smallest absolute Gasteiger partial charge is 0.156 e. The van der Waals surface area contributed by atoms with Crippen LogP contribution >= 0.6 is 0 Å². The molecule has 8 nitrogen and oxygen atoms in total. The summed E-state index contributed by atoms with van der Waals surface area (Å²) in [5, 5.41) is 25.0. The van der Waals surface area contributed by atoms with Gasteiger partial charge < -0.3 is 15.1 Å².